The topological polar surface area (TPSA) is 52.0 Å². The number of anilines is 1. The number of nitrogens with zero attached hydrogens (tertiary/aromatic N) is 3. The summed E-state index contributed by atoms with van der Waals surface area (Å²) in [7, 11) is 4.17. The molecule has 108 valence electrons. The van der Waals surface area contributed by atoms with Gasteiger partial charge in [0.05, 0.1) is 5.56 Å². The highest BCUT2D eigenvalue weighted by Gasteiger charge is 2.12. The van der Waals surface area contributed by atoms with Gasteiger partial charge in [0.1, 0.15) is 11.9 Å². The van der Waals surface area contributed by atoms with Gasteiger partial charge < -0.3 is 10.2 Å². The highest BCUT2D eigenvalue weighted by Crippen LogP contribution is 2.09. The van der Waals surface area contributed by atoms with Crippen molar-refractivity contribution in [2.45, 2.75) is 12.5 Å². The predicted octanol–water partition coefficient (Wildman–Crippen LogP) is 2.54. The molecule has 1 unspecified atom stereocenters. The number of rotatable bonds is 6. The number of hydrogen-bond acceptors (Lipinski definition) is 4. The lowest BCUT2D eigenvalue weighted by atomic mass is 10.1. The van der Waals surface area contributed by atoms with E-state index < -0.39 is 0 Å². The molecule has 0 aliphatic rings. The van der Waals surface area contributed by atoms with Crippen LogP contribution in [0.4, 0.5) is 5.82 Å². The fourth-order valence-corrected chi connectivity index (χ4v) is 2.11. The van der Waals surface area contributed by atoms with Gasteiger partial charge in [0, 0.05) is 18.8 Å². The molecule has 0 saturated carbocycles. The van der Waals surface area contributed by atoms with E-state index in [1.807, 2.05) is 12.1 Å². The van der Waals surface area contributed by atoms with Crippen LogP contribution >= 0.6 is 0 Å². The van der Waals surface area contributed by atoms with E-state index in [1.165, 1.54) is 5.56 Å². The van der Waals surface area contributed by atoms with Gasteiger partial charge in [-0.25, -0.2) is 4.98 Å². The zero-order valence-corrected chi connectivity index (χ0v) is 12.5. The zero-order chi connectivity index (χ0) is 15.1. The number of likely N-dealkylation sites (N-methyl/N-ethyl adjacent to an activating group) is 1. The molecular formula is C17H20N4. The van der Waals surface area contributed by atoms with Crippen LogP contribution in [0.15, 0.2) is 48.7 Å². The van der Waals surface area contributed by atoms with E-state index in [1.54, 1.807) is 12.3 Å². The molecule has 0 radical (unpaired) electrons. The van der Waals surface area contributed by atoms with Crippen LogP contribution < -0.4 is 5.32 Å². The van der Waals surface area contributed by atoms with Gasteiger partial charge >= 0.3 is 0 Å². The first-order chi connectivity index (χ1) is 10.2. The van der Waals surface area contributed by atoms with Crippen LogP contribution in [0.1, 0.15) is 11.1 Å². The summed E-state index contributed by atoms with van der Waals surface area (Å²) in [4.78, 5) is 6.45. The van der Waals surface area contributed by atoms with Gasteiger partial charge in [-0.1, -0.05) is 30.3 Å². The normalized spacial score (nSPS) is 11.9. The van der Waals surface area contributed by atoms with E-state index in [-0.39, 0.29) is 0 Å². The minimum atomic E-state index is 0.379. The molecule has 2 aromatic rings. The molecule has 4 heteroatoms. The predicted molar refractivity (Wildman–Crippen MR) is 85.1 cm³/mol. The number of nitrogens with one attached hydrogen (secondary N) is 1. The van der Waals surface area contributed by atoms with Crippen LogP contribution in [0.3, 0.4) is 0 Å². The van der Waals surface area contributed by atoms with Crippen molar-refractivity contribution in [2.24, 2.45) is 0 Å². The Balaban J connectivity index is 1.95. The van der Waals surface area contributed by atoms with Crippen LogP contribution in [-0.4, -0.2) is 36.6 Å². The smallest absolute Gasteiger partial charge is 0.126 e. The van der Waals surface area contributed by atoms with E-state index in [9.17, 15) is 0 Å². The first-order valence-corrected chi connectivity index (χ1v) is 6.99. The molecule has 1 aromatic heterocycles. The highest BCUT2D eigenvalue weighted by molar-refractivity contribution is 5.39. The third kappa shape index (κ3) is 4.59. The summed E-state index contributed by atoms with van der Waals surface area (Å²) in [6.07, 6.45) is 2.57. The molecule has 0 aliphatic heterocycles. The second-order valence-corrected chi connectivity index (χ2v) is 5.23. The standard InChI is InChI=1S/C17H20N4/c1-21(2)16(10-14-6-4-3-5-7-14)13-20-17-9-8-15(11-18)12-19-17/h3-9,12,16H,10,13H2,1-2H3,(H,19,20). The van der Waals surface area contributed by atoms with Gasteiger partial charge in [-0.3, -0.25) is 0 Å². The number of aromatic nitrogens is 1. The second-order valence-electron chi connectivity index (χ2n) is 5.23. The quantitative estimate of drug-likeness (QED) is 0.883. The van der Waals surface area contributed by atoms with Crippen molar-refractivity contribution >= 4 is 5.82 Å². The number of hydrogen-bond donors (Lipinski definition) is 1. The van der Waals surface area contributed by atoms with Crippen molar-refractivity contribution in [3.8, 4) is 6.07 Å². The molecule has 1 N–H and O–H groups in total. The SMILES string of the molecule is CN(C)C(CNc1ccc(C#N)cn1)Cc1ccccc1. The summed E-state index contributed by atoms with van der Waals surface area (Å²) in [5.41, 5.74) is 1.90. The molecule has 0 spiro atoms. The molecule has 0 fully saturated rings. The maximum Gasteiger partial charge on any atom is 0.126 e. The fraction of sp³-hybridized carbons (Fsp3) is 0.294. The first-order valence-electron chi connectivity index (χ1n) is 6.99. The summed E-state index contributed by atoms with van der Waals surface area (Å²) in [6, 6.07) is 16.5. The third-order valence-electron chi connectivity index (χ3n) is 3.46. The Hall–Kier alpha value is -2.38. The van der Waals surface area contributed by atoms with Gasteiger partial charge in [-0.2, -0.15) is 5.26 Å². The Labute approximate surface area is 126 Å². The minimum Gasteiger partial charge on any atom is -0.368 e. The van der Waals surface area contributed by atoms with Gasteiger partial charge in [-0.05, 0) is 38.2 Å². The van der Waals surface area contributed by atoms with Crippen molar-refractivity contribution < 1.29 is 0 Å². The minimum absolute atomic E-state index is 0.379. The molecule has 21 heavy (non-hydrogen) atoms. The van der Waals surface area contributed by atoms with Crippen molar-refractivity contribution in [2.75, 3.05) is 26.0 Å². The van der Waals surface area contributed by atoms with E-state index in [0.717, 1.165) is 18.8 Å². The van der Waals surface area contributed by atoms with Crippen LogP contribution in [0.25, 0.3) is 0 Å². The average Bonchev–Trinajstić information content (AvgIpc) is 2.52. The van der Waals surface area contributed by atoms with Gasteiger partial charge in [-0.15, -0.1) is 0 Å². The van der Waals surface area contributed by atoms with E-state index >= 15 is 0 Å². The van der Waals surface area contributed by atoms with Crippen LogP contribution in [0.5, 0.6) is 0 Å². The monoisotopic (exact) mass is 280 g/mol. The number of nitriles is 1. The summed E-state index contributed by atoms with van der Waals surface area (Å²) < 4.78 is 0. The molecule has 0 saturated heterocycles. The third-order valence-corrected chi connectivity index (χ3v) is 3.46. The number of pyridine rings is 1. The van der Waals surface area contributed by atoms with Crippen LogP contribution in [0.2, 0.25) is 0 Å². The van der Waals surface area contributed by atoms with Gasteiger partial charge in [0.15, 0.2) is 0 Å². The van der Waals surface area contributed by atoms with Crippen molar-refractivity contribution in [1.82, 2.24) is 9.88 Å². The maximum atomic E-state index is 8.77. The Morgan fingerprint density at radius 2 is 1.95 bits per heavy atom. The van der Waals surface area contributed by atoms with Gasteiger partial charge in [0.2, 0.25) is 0 Å². The lowest BCUT2D eigenvalue weighted by molar-refractivity contribution is 0.303. The molecule has 0 bridgehead atoms. The van der Waals surface area contributed by atoms with Crippen molar-refractivity contribution in [3.63, 3.8) is 0 Å². The van der Waals surface area contributed by atoms with Gasteiger partial charge in [0.25, 0.3) is 0 Å². The molecule has 1 heterocycles. The van der Waals surface area contributed by atoms with Crippen LogP contribution in [-0.2, 0) is 6.42 Å². The summed E-state index contributed by atoms with van der Waals surface area (Å²) in [6.45, 7) is 0.806. The first kappa shape index (κ1) is 15.0. The van der Waals surface area contributed by atoms with E-state index in [4.69, 9.17) is 5.26 Å². The van der Waals surface area contributed by atoms with Crippen LogP contribution in [0, 0.1) is 11.3 Å². The molecule has 1 atom stereocenters. The summed E-state index contributed by atoms with van der Waals surface area (Å²) in [5.74, 6) is 0.800. The Morgan fingerprint density at radius 1 is 1.19 bits per heavy atom. The van der Waals surface area contributed by atoms with Crippen molar-refractivity contribution in [3.05, 3.63) is 59.8 Å². The second kappa shape index (κ2) is 7.41. The molecule has 0 amide bonds. The zero-order valence-electron chi connectivity index (χ0n) is 12.5. The largest absolute Gasteiger partial charge is 0.368 e. The Morgan fingerprint density at radius 3 is 2.52 bits per heavy atom. The molecule has 4 nitrogen and oxygen atoms in total. The lowest BCUT2D eigenvalue weighted by Crippen LogP contribution is -2.36. The Bertz CT molecular complexity index is 584. The maximum absolute atomic E-state index is 8.77. The summed E-state index contributed by atoms with van der Waals surface area (Å²) >= 11 is 0. The van der Waals surface area contributed by atoms with E-state index in [2.05, 4.69) is 59.6 Å². The van der Waals surface area contributed by atoms with Crippen molar-refractivity contribution in [1.29, 1.82) is 5.26 Å². The molecular weight excluding hydrogens is 260 g/mol. The average molecular weight is 280 g/mol. The molecule has 1 aromatic carbocycles. The summed E-state index contributed by atoms with van der Waals surface area (Å²) in [5, 5.41) is 12.1. The number of benzene rings is 1. The Kier molecular flexibility index (Phi) is 5.30. The lowest BCUT2D eigenvalue weighted by Gasteiger charge is -2.25. The fourth-order valence-electron chi connectivity index (χ4n) is 2.11. The molecule has 0 aliphatic carbocycles. The van der Waals surface area contributed by atoms with E-state index in [0.29, 0.717) is 11.6 Å². The molecule has 2 rings (SSSR count). The highest BCUT2D eigenvalue weighted by atomic mass is 15.1.